The lowest BCUT2D eigenvalue weighted by molar-refractivity contribution is -0.167. The molecule has 164 valence electrons. The lowest BCUT2D eigenvalue weighted by Crippen LogP contribution is -2.78. The summed E-state index contributed by atoms with van der Waals surface area (Å²) in [6.07, 6.45) is 0. The van der Waals surface area contributed by atoms with Crippen LogP contribution in [0, 0.1) is 0 Å². The minimum atomic E-state index is -1.78. The minimum absolute atomic E-state index is 0.243. The Balaban J connectivity index is 1.61. The molecule has 1 aromatic rings. The van der Waals surface area contributed by atoms with Crippen LogP contribution in [0.1, 0.15) is 6.92 Å². The quantitative estimate of drug-likeness (QED) is 0.356. The summed E-state index contributed by atoms with van der Waals surface area (Å²) < 4.78 is 8.66. The average Bonchev–Trinajstić information content (AvgIpc) is 2.68. The van der Waals surface area contributed by atoms with Crippen LogP contribution in [0.15, 0.2) is 30.3 Å². The van der Waals surface area contributed by atoms with Gasteiger partial charge < -0.3 is 19.7 Å². The van der Waals surface area contributed by atoms with Crippen molar-refractivity contribution in [1.82, 2.24) is 10.2 Å². The highest BCUT2D eigenvalue weighted by Gasteiger charge is 2.61. The maximum atomic E-state index is 12.7. The molecule has 2 heterocycles. The van der Waals surface area contributed by atoms with Crippen LogP contribution in [0.25, 0.3) is 0 Å². The Hall–Kier alpha value is -1.06. The van der Waals surface area contributed by atoms with Gasteiger partial charge in [0.2, 0.25) is 9.70 Å². The number of β-lactam (4-membered cyclic amide) rings is 1. The fraction of sp³-hybridized carbons (Fsp3) is 0.500. The Bertz CT molecular complexity index is 821. The highest BCUT2D eigenvalue weighted by atomic mass is 35.6. The van der Waals surface area contributed by atoms with E-state index < -0.39 is 50.5 Å². The molecule has 3 rings (SSSR count). The van der Waals surface area contributed by atoms with Crippen molar-refractivity contribution in [3.63, 3.8) is 0 Å². The number of alkyl halides is 4. The number of carbonyl (C=O) groups excluding carboxylic acids is 3. The second-order valence-corrected chi connectivity index (χ2v) is 11.5. The van der Waals surface area contributed by atoms with Crippen molar-refractivity contribution in [2.24, 2.45) is 0 Å². The van der Waals surface area contributed by atoms with Crippen LogP contribution in [0.4, 0.5) is 0 Å². The zero-order valence-electron chi connectivity index (χ0n) is 15.6. The van der Waals surface area contributed by atoms with Crippen LogP contribution in [-0.4, -0.2) is 67.8 Å². The van der Waals surface area contributed by atoms with Gasteiger partial charge in [0.15, 0.2) is 12.6 Å². The van der Waals surface area contributed by atoms with Gasteiger partial charge in [0.25, 0.3) is 5.91 Å². The Morgan fingerprint density at radius 1 is 1.30 bits per heavy atom. The number of halogens is 4. The molecule has 2 aliphatic rings. The molecule has 1 N–H and O–H groups in total. The summed E-state index contributed by atoms with van der Waals surface area (Å²) in [6.45, 7) is 0.913. The summed E-state index contributed by atoms with van der Waals surface area (Å²) >= 11 is 24.7. The summed E-state index contributed by atoms with van der Waals surface area (Å²) in [5.74, 6) is -0.774. The number of amides is 2. The standard InChI is InChI=1S/C18H18Cl4N2O5S/c1-17(19)9-30-15-12(23-11(25)7-28-10-5-3-2-4-6-10)14(26)24(15)13(17)16(27)29-8-18(20,21)22/h2-6,12-13,15H,7-9H2,1H3,(H,23,25)/t12?,13?,15-,17?/m1/s1. The van der Waals surface area contributed by atoms with Gasteiger partial charge in [-0.15, -0.1) is 23.4 Å². The minimum Gasteiger partial charge on any atom is -0.484 e. The second-order valence-electron chi connectivity index (χ2n) is 7.00. The number of esters is 1. The number of thioether (sulfide) groups is 1. The van der Waals surface area contributed by atoms with Gasteiger partial charge >= 0.3 is 5.97 Å². The molecule has 0 aliphatic carbocycles. The number of ether oxygens (including phenoxy) is 2. The van der Waals surface area contributed by atoms with E-state index in [4.69, 9.17) is 55.9 Å². The molecular formula is C18H18Cl4N2O5S. The van der Waals surface area contributed by atoms with Crippen molar-refractivity contribution in [2.75, 3.05) is 19.0 Å². The highest BCUT2D eigenvalue weighted by Crippen LogP contribution is 2.45. The van der Waals surface area contributed by atoms with Gasteiger partial charge in [-0.05, 0) is 19.1 Å². The van der Waals surface area contributed by atoms with E-state index in [0.29, 0.717) is 11.5 Å². The molecule has 0 bridgehead atoms. The molecular weight excluding hydrogens is 498 g/mol. The second kappa shape index (κ2) is 9.20. The number of hydrogen-bond acceptors (Lipinski definition) is 6. The van der Waals surface area contributed by atoms with Gasteiger partial charge in [0, 0.05) is 5.75 Å². The third kappa shape index (κ3) is 5.40. The molecule has 4 atom stereocenters. The summed E-state index contributed by atoms with van der Waals surface area (Å²) in [7, 11) is 0. The van der Waals surface area contributed by atoms with E-state index in [1.165, 1.54) is 16.7 Å². The van der Waals surface area contributed by atoms with E-state index in [1.54, 1.807) is 31.2 Å². The van der Waals surface area contributed by atoms with Gasteiger partial charge in [-0.25, -0.2) is 4.79 Å². The zero-order chi connectivity index (χ0) is 22.1. The number of carbonyl (C=O) groups is 3. The van der Waals surface area contributed by atoms with E-state index >= 15 is 0 Å². The Morgan fingerprint density at radius 3 is 2.60 bits per heavy atom. The Labute approximate surface area is 197 Å². The first-order valence-electron chi connectivity index (χ1n) is 8.83. The number of para-hydroxylation sites is 1. The summed E-state index contributed by atoms with van der Waals surface area (Å²) in [5, 5.41) is 2.18. The molecule has 0 radical (unpaired) electrons. The van der Waals surface area contributed by atoms with Crippen LogP contribution in [0.3, 0.4) is 0 Å². The molecule has 0 aromatic heterocycles. The van der Waals surface area contributed by atoms with Gasteiger partial charge in [-0.3, -0.25) is 9.59 Å². The topological polar surface area (TPSA) is 84.9 Å². The van der Waals surface area contributed by atoms with Crippen molar-refractivity contribution in [2.45, 2.75) is 33.0 Å². The van der Waals surface area contributed by atoms with Gasteiger partial charge in [-0.2, -0.15) is 0 Å². The number of hydrogen-bond donors (Lipinski definition) is 1. The van der Waals surface area contributed by atoms with E-state index in [2.05, 4.69) is 5.32 Å². The monoisotopic (exact) mass is 514 g/mol. The third-order valence-corrected chi connectivity index (χ3v) is 6.93. The zero-order valence-corrected chi connectivity index (χ0v) is 19.5. The fourth-order valence-corrected chi connectivity index (χ4v) is 5.12. The van der Waals surface area contributed by atoms with Crippen LogP contribution >= 0.6 is 58.2 Å². The van der Waals surface area contributed by atoms with E-state index in [9.17, 15) is 14.4 Å². The average molecular weight is 516 g/mol. The predicted molar refractivity (Wildman–Crippen MR) is 116 cm³/mol. The van der Waals surface area contributed by atoms with Crippen molar-refractivity contribution in [1.29, 1.82) is 0 Å². The Morgan fingerprint density at radius 2 is 1.97 bits per heavy atom. The van der Waals surface area contributed by atoms with E-state index in [-0.39, 0.29) is 6.61 Å². The van der Waals surface area contributed by atoms with Gasteiger partial charge in [-0.1, -0.05) is 53.0 Å². The molecule has 12 heteroatoms. The number of nitrogens with one attached hydrogen (secondary N) is 1. The van der Waals surface area contributed by atoms with E-state index in [0.717, 1.165) is 0 Å². The van der Waals surface area contributed by atoms with Crippen molar-refractivity contribution in [3.8, 4) is 5.75 Å². The van der Waals surface area contributed by atoms with Crippen LogP contribution in [0.2, 0.25) is 0 Å². The van der Waals surface area contributed by atoms with E-state index in [1.807, 2.05) is 6.07 Å². The normalized spacial score (nSPS) is 28.2. The molecule has 3 unspecified atom stereocenters. The number of benzene rings is 1. The van der Waals surface area contributed by atoms with Crippen molar-refractivity contribution in [3.05, 3.63) is 30.3 Å². The molecule has 0 saturated carbocycles. The van der Waals surface area contributed by atoms with Crippen molar-refractivity contribution < 1.29 is 23.9 Å². The first-order valence-corrected chi connectivity index (χ1v) is 11.4. The maximum Gasteiger partial charge on any atom is 0.330 e. The van der Waals surface area contributed by atoms with Crippen molar-refractivity contribution >= 4 is 75.9 Å². The molecule has 2 aliphatic heterocycles. The molecule has 2 amide bonds. The molecule has 2 fully saturated rings. The molecule has 30 heavy (non-hydrogen) atoms. The number of rotatable bonds is 6. The highest BCUT2D eigenvalue weighted by molar-refractivity contribution is 8.00. The van der Waals surface area contributed by atoms with Crippen LogP contribution in [0.5, 0.6) is 5.75 Å². The first-order chi connectivity index (χ1) is 14.0. The maximum absolute atomic E-state index is 12.7. The van der Waals surface area contributed by atoms with Crippen LogP contribution in [-0.2, 0) is 19.1 Å². The van der Waals surface area contributed by atoms with Gasteiger partial charge in [0.05, 0.1) is 4.87 Å². The first kappa shape index (κ1) is 23.6. The third-order valence-electron chi connectivity index (χ3n) is 4.50. The number of nitrogens with zero attached hydrogens (tertiary/aromatic N) is 1. The Kier molecular flexibility index (Phi) is 7.24. The van der Waals surface area contributed by atoms with Crippen LogP contribution < -0.4 is 10.1 Å². The SMILES string of the molecule is CC1(Cl)CS[C@@H]2C(NC(=O)COc3ccccc3)C(=O)N2C1C(=O)OCC(Cl)(Cl)Cl. The largest absolute Gasteiger partial charge is 0.484 e. The number of fused-ring (bicyclic) bond motifs is 1. The lowest BCUT2D eigenvalue weighted by atomic mass is 9.94. The predicted octanol–water partition coefficient (Wildman–Crippen LogP) is 2.74. The molecule has 0 spiro atoms. The molecule has 1 aromatic carbocycles. The summed E-state index contributed by atoms with van der Waals surface area (Å²) in [5.41, 5.74) is 0. The fourth-order valence-electron chi connectivity index (χ4n) is 3.16. The molecule has 2 saturated heterocycles. The lowest BCUT2D eigenvalue weighted by Gasteiger charge is -2.56. The summed E-state index contributed by atoms with van der Waals surface area (Å²) in [4.78, 5) is 37.8. The van der Waals surface area contributed by atoms with Gasteiger partial charge in [0.1, 0.15) is 23.8 Å². The summed E-state index contributed by atoms with van der Waals surface area (Å²) in [6, 6.07) is 6.96. The smallest absolute Gasteiger partial charge is 0.330 e. The molecule has 7 nitrogen and oxygen atoms in total.